The first-order chi connectivity index (χ1) is 29.6. The summed E-state index contributed by atoms with van der Waals surface area (Å²) in [7, 11) is 2.99. The molecule has 0 bridgehead atoms. The summed E-state index contributed by atoms with van der Waals surface area (Å²) in [6.45, 7) is 10.4. The van der Waals surface area contributed by atoms with Crippen LogP contribution in [0.1, 0.15) is 112 Å². The highest BCUT2D eigenvalue weighted by Gasteiger charge is 2.53. The molecule has 0 amide bonds. The Morgan fingerprint density at radius 3 is 1.53 bits per heavy atom. The highest BCUT2D eigenvalue weighted by atomic mass is 79.9. The van der Waals surface area contributed by atoms with Crippen LogP contribution in [0, 0.1) is 16.2 Å². The van der Waals surface area contributed by atoms with Crippen LogP contribution in [0.4, 0.5) is 0 Å². The van der Waals surface area contributed by atoms with Crippen molar-refractivity contribution in [3.8, 4) is 0 Å². The Morgan fingerprint density at radius 2 is 1.08 bits per heavy atom. The predicted molar refractivity (Wildman–Crippen MR) is 236 cm³/mol. The van der Waals surface area contributed by atoms with Gasteiger partial charge in [-0.2, -0.15) is 0 Å². The number of aromatic nitrogens is 1. The third-order valence-electron chi connectivity index (χ3n) is 10.8. The third-order valence-corrected chi connectivity index (χ3v) is 13.6. The van der Waals surface area contributed by atoms with Crippen LogP contribution in [0.15, 0.2) is 29.4 Å². The Balaban J connectivity index is 1.49. The predicted octanol–water partition coefficient (Wildman–Crippen LogP) is 7.99. The zero-order valence-corrected chi connectivity index (χ0v) is 40.4. The SMILES string of the molecule is CC(C)(CC(C)(CC(C)(CC(C)(Br)C(=O)OCCOC1CCCCO1)C(=O)OCCOC1CCCCO1)C(=O)OCCOC1CCCCO1)C(=O)OCCSSc1ccccn1. The van der Waals surface area contributed by atoms with Crippen molar-refractivity contribution >= 4 is 61.4 Å². The quantitative estimate of drug-likeness (QED) is 0.0273. The van der Waals surface area contributed by atoms with Gasteiger partial charge in [-0.3, -0.25) is 19.2 Å². The molecule has 0 saturated carbocycles. The molecule has 4 heterocycles. The van der Waals surface area contributed by atoms with Gasteiger partial charge in [0, 0.05) is 31.8 Å². The van der Waals surface area contributed by atoms with Gasteiger partial charge in [-0.05, 0) is 135 Å². The molecule has 3 aliphatic rings. The van der Waals surface area contributed by atoms with E-state index in [-0.39, 0.29) is 84.4 Å². The van der Waals surface area contributed by atoms with Gasteiger partial charge in [-0.25, -0.2) is 4.98 Å². The van der Waals surface area contributed by atoms with E-state index >= 15 is 0 Å². The summed E-state index contributed by atoms with van der Waals surface area (Å²) in [6.07, 6.45) is 8.38. The zero-order chi connectivity index (χ0) is 44.9. The van der Waals surface area contributed by atoms with E-state index in [1.165, 1.54) is 21.6 Å². The second-order valence-electron chi connectivity index (χ2n) is 17.4. The van der Waals surface area contributed by atoms with Crippen molar-refractivity contribution < 1.29 is 66.5 Å². The number of nitrogens with zero attached hydrogens (tertiary/aromatic N) is 1. The molecular weight excluding hydrogens is 911 g/mol. The summed E-state index contributed by atoms with van der Waals surface area (Å²) < 4.78 is 56.0. The molecule has 4 rings (SSSR count). The molecule has 0 radical (unpaired) electrons. The number of hydrogen-bond donors (Lipinski definition) is 0. The number of hydrogen-bond acceptors (Lipinski definition) is 17. The van der Waals surface area contributed by atoms with Crippen molar-refractivity contribution in [2.75, 3.05) is 71.8 Å². The van der Waals surface area contributed by atoms with Crippen LogP contribution in [0.25, 0.3) is 0 Å². The molecule has 0 N–H and O–H groups in total. The summed E-state index contributed by atoms with van der Waals surface area (Å²) in [4.78, 5) is 60.5. The maximum atomic E-state index is 14.4. The van der Waals surface area contributed by atoms with Gasteiger partial charge in [-0.1, -0.05) is 32.8 Å². The van der Waals surface area contributed by atoms with Crippen LogP contribution < -0.4 is 0 Å². The molecule has 6 atom stereocenters. The Hall–Kier alpha value is -2.03. The highest BCUT2D eigenvalue weighted by Crippen LogP contribution is 2.49. The number of halogens is 1. The van der Waals surface area contributed by atoms with Gasteiger partial charge < -0.3 is 47.4 Å². The van der Waals surface area contributed by atoms with Gasteiger partial charge in [0.15, 0.2) is 18.9 Å². The van der Waals surface area contributed by atoms with Crippen molar-refractivity contribution in [1.29, 1.82) is 0 Å². The van der Waals surface area contributed by atoms with E-state index in [9.17, 15) is 19.2 Å². The average Bonchev–Trinajstić information content (AvgIpc) is 3.26. The van der Waals surface area contributed by atoms with Crippen molar-refractivity contribution in [3.63, 3.8) is 0 Å². The summed E-state index contributed by atoms with van der Waals surface area (Å²) >= 11 is 3.57. The normalized spacial score (nSPS) is 22.6. The second-order valence-corrected chi connectivity index (χ2v) is 21.5. The van der Waals surface area contributed by atoms with Crippen LogP contribution in [0.2, 0.25) is 0 Å². The number of carbonyl (C=O) groups excluding carboxylic acids is 4. The Morgan fingerprint density at radius 1 is 0.613 bits per heavy atom. The number of esters is 4. The van der Waals surface area contributed by atoms with Gasteiger partial charge in [0.25, 0.3) is 0 Å². The number of carbonyl (C=O) groups is 4. The molecule has 15 nitrogen and oxygen atoms in total. The molecule has 3 fully saturated rings. The largest absolute Gasteiger partial charge is 0.464 e. The Labute approximate surface area is 383 Å². The number of ether oxygens (including phenoxy) is 10. The molecule has 1 aromatic rings. The van der Waals surface area contributed by atoms with Gasteiger partial charge in [-0.15, -0.1) is 0 Å². The smallest absolute Gasteiger partial charge is 0.322 e. The molecular formula is C44H68BrNO14S2. The topological polar surface area (TPSA) is 173 Å². The van der Waals surface area contributed by atoms with Crippen LogP contribution in [-0.4, -0.2) is 124 Å². The molecule has 3 saturated heterocycles. The first-order valence-electron chi connectivity index (χ1n) is 21.9. The first kappa shape index (κ1) is 52.6. The van der Waals surface area contributed by atoms with Crippen LogP contribution >= 0.6 is 37.5 Å². The minimum Gasteiger partial charge on any atom is -0.464 e. The summed E-state index contributed by atoms with van der Waals surface area (Å²) in [5.74, 6) is -1.95. The van der Waals surface area contributed by atoms with Crippen LogP contribution in [-0.2, 0) is 66.5 Å². The fourth-order valence-corrected chi connectivity index (χ4v) is 10.4. The number of rotatable bonds is 27. The fraction of sp³-hybridized carbons (Fsp3) is 0.795. The number of pyridine rings is 1. The molecule has 0 aromatic carbocycles. The minimum atomic E-state index is -1.51. The van der Waals surface area contributed by atoms with E-state index in [2.05, 4.69) is 20.9 Å². The molecule has 0 aliphatic carbocycles. The van der Waals surface area contributed by atoms with Crippen LogP contribution in [0.5, 0.6) is 0 Å². The summed E-state index contributed by atoms with van der Waals surface area (Å²) in [6, 6.07) is 5.65. The third kappa shape index (κ3) is 18.5. The average molecular weight is 979 g/mol. The summed E-state index contributed by atoms with van der Waals surface area (Å²) in [5.41, 5.74) is -4.20. The first-order valence-corrected chi connectivity index (χ1v) is 25.0. The lowest BCUT2D eigenvalue weighted by atomic mass is 9.64. The zero-order valence-electron chi connectivity index (χ0n) is 37.2. The van der Waals surface area contributed by atoms with Gasteiger partial charge in [0.2, 0.25) is 0 Å². The standard InChI is InChI=1S/C44H68BrNO14S2/c1-41(2,37(47)60-28-29-61-62-33-14-6-10-18-46-33)30-42(3,38(48)57-25-22-54-34-15-7-11-19-51-34)31-43(4,39(49)58-26-23-55-35-16-8-12-20-52-35)32-44(5,45)40(50)59-27-24-56-36-17-9-13-21-53-36/h6,10,14,18,34-36H,7-9,11-13,15-17,19-32H2,1-5H3. The summed E-state index contributed by atoms with van der Waals surface area (Å²) in [5, 5.41) is 0.842. The van der Waals surface area contributed by atoms with Crippen LogP contribution in [0.3, 0.4) is 0 Å². The second kappa shape index (κ2) is 26.8. The Bertz CT molecular complexity index is 1510. The van der Waals surface area contributed by atoms with Gasteiger partial charge in [0.1, 0.15) is 35.8 Å². The van der Waals surface area contributed by atoms with E-state index in [1.54, 1.807) is 40.8 Å². The molecule has 18 heteroatoms. The fourth-order valence-electron chi connectivity index (χ4n) is 7.96. The minimum absolute atomic E-state index is 0.0315. The van der Waals surface area contributed by atoms with Crippen molar-refractivity contribution in [2.24, 2.45) is 16.2 Å². The van der Waals surface area contributed by atoms with Crippen molar-refractivity contribution in [2.45, 2.75) is 140 Å². The lowest BCUT2D eigenvalue weighted by molar-refractivity contribution is -0.184. The molecule has 352 valence electrons. The monoisotopic (exact) mass is 977 g/mol. The van der Waals surface area contributed by atoms with E-state index < -0.39 is 44.4 Å². The highest BCUT2D eigenvalue weighted by molar-refractivity contribution is 9.10. The van der Waals surface area contributed by atoms with E-state index in [0.717, 1.165) is 62.8 Å². The lowest BCUT2D eigenvalue weighted by Crippen LogP contribution is -2.48. The van der Waals surface area contributed by atoms with Gasteiger partial charge in [0.05, 0.1) is 36.1 Å². The maximum absolute atomic E-state index is 14.4. The molecule has 1 aromatic heterocycles. The molecule has 3 aliphatic heterocycles. The van der Waals surface area contributed by atoms with Crippen molar-refractivity contribution in [3.05, 3.63) is 24.4 Å². The number of alkyl halides is 1. The van der Waals surface area contributed by atoms with E-state index in [0.29, 0.717) is 25.6 Å². The Kier molecular flexibility index (Phi) is 22.7. The molecule has 62 heavy (non-hydrogen) atoms. The van der Waals surface area contributed by atoms with E-state index in [4.69, 9.17) is 47.4 Å². The maximum Gasteiger partial charge on any atom is 0.322 e. The molecule has 0 spiro atoms. The van der Waals surface area contributed by atoms with Crippen molar-refractivity contribution in [1.82, 2.24) is 4.98 Å². The lowest BCUT2D eigenvalue weighted by Gasteiger charge is -2.41. The molecule has 6 unspecified atom stereocenters. The van der Waals surface area contributed by atoms with E-state index in [1.807, 2.05) is 18.2 Å². The van der Waals surface area contributed by atoms with Gasteiger partial charge >= 0.3 is 23.9 Å².